The Hall–Kier alpha value is -6.55. The zero-order chi connectivity index (χ0) is 52.0. The number of ether oxygens (including phenoxy) is 4. The molecule has 0 aliphatic rings. The summed E-state index contributed by atoms with van der Waals surface area (Å²) in [6.45, 7) is 22.6. The van der Waals surface area contributed by atoms with Crippen molar-refractivity contribution < 1.29 is 47.7 Å². The summed E-state index contributed by atoms with van der Waals surface area (Å²) in [5.41, 5.74) is 0.0800. The molecule has 4 rings (SSSR count). The summed E-state index contributed by atoms with van der Waals surface area (Å²) in [6.07, 6.45) is 0.151. The minimum atomic E-state index is -1.31. The molecule has 16 nitrogen and oxygen atoms in total. The monoisotopic (exact) mass is 967 g/mol. The molecule has 4 amide bonds. The van der Waals surface area contributed by atoms with E-state index in [1.807, 2.05) is 81.4 Å². The summed E-state index contributed by atoms with van der Waals surface area (Å²) < 4.78 is 24.3. The van der Waals surface area contributed by atoms with Crippen LogP contribution in [0.5, 0.6) is 0 Å². The number of para-hydroxylation sites is 1. The number of alkyl carbamates (subject to hydrolysis) is 1. The standard InChI is InChI=1S/C54H74N6O10/c1-35(67-51(2,3)4)44(48(64)68-52(5,6)7)59-46(62)40(29-22-23-31-55-49(65)69-53(8,9)10)58-47(63)41(32-38-34-60(50(66)70-54(11,12)13)42-30-21-20-28-39(38)42)57-43(61)33-56-45(36-24-16-14-17-25-36)37-26-18-15-19-27-37/h14-21,24-28,30,34-35,40-41,44H,22-23,29,31-33H2,1-13H3,(H,55,65)(H,57,61)(H,58,63)(H,59,62)/t35-,40+,41+,44+/m1/s1. The number of aromatic nitrogens is 1. The highest BCUT2D eigenvalue weighted by molar-refractivity contribution is 6.13. The first-order valence-corrected chi connectivity index (χ1v) is 23.8. The molecule has 1 heterocycles. The van der Waals surface area contributed by atoms with Crippen molar-refractivity contribution in [3.05, 3.63) is 108 Å². The second-order valence-electron chi connectivity index (χ2n) is 21.2. The fourth-order valence-electron chi connectivity index (χ4n) is 7.37. The number of rotatable bonds is 19. The van der Waals surface area contributed by atoms with Gasteiger partial charge in [0.25, 0.3) is 0 Å². The molecule has 0 unspecified atom stereocenters. The van der Waals surface area contributed by atoms with E-state index in [2.05, 4.69) is 21.3 Å². The summed E-state index contributed by atoms with van der Waals surface area (Å²) in [7, 11) is 0. The topological polar surface area (TPSA) is 205 Å². The van der Waals surface area contributed by atoms with Gasteiger partial charge in [0.05, 0.1) is 22.9 Å². The summed E-state index contributed by atoms with van der Waals surface area (Å²) in [5, 5.41) is 11.9. The smallest absolute Gasteiger partial charge is 0.419 e. The number of esters is 1. The molecule has 4 atom stereocenters. The van der Waals surface area contributed by atoms with Crippen molar-refractivity contribution in [1.29, 1.82) is 0 Å². The number of hydrogen-bond acceptors (Lipinski definition) is 11. The van der Waals surface area contributed by atoms with Crippen molar-refractivity contribution in [3.8, 4) is 0 Å². The Balaban J connectivity index is 1.74. The van der Waals surface area contributed by atoms with Gasteiger partial charge in [0.15, 0.2) is 6.04 Å². The number of carbonyl (C=O) groups is 6. The van der Waals surface area contributed by atoms with Gasteiger partial charge in [-0.25, -0.2) is 14.4 Å². The van der Waals surface area contributed by atoms with Crippen LogP contribution >= 0.6 is 0 Å². The highest BCUT2D eigenvalue weighted by Gasteiger charge is 2.37. The number of benzene rings is 3. The van der Waals surface area contributed by atoms with Crippen LogP contribution in [0, 0.1) is 0 Å². The number of hydrogen-bond donors (Lipinski definition) is 4. The van der Waals surface area contributed by atoms with Crippen LogP contribution in [0.4, 0.5) is 9.59 Å². The quantitative estimate of drug-likeness (QED) is 0.0307. The average molecular weight is 967 g/mol. The van der Waals surface area contributed by atoms with Crippen molar-refractivity contribution >= 4 is 52.5 Å². The molecule has 3 aromatic carbocycles. The van der Waals surface area contributed by atoms with Crippen molar-refractivity contribution in [1.82, 2.24) is 25.8 Å². The van der Waals surface area contributed by atoms with Crippen LogP contribution < -0.4 is 21.3 Å². The maximum atomic E-state index is 14.9. The van der Waals surface area contributed by atoms with E-state index in [1.165, 1.54) is 4.57 Å². The Morgan fingerprint density at radius 1 is 0.614 bits per heavy atom. The van der Waals surface area contributed by atoms with Crippen molar-refractivity contribution in [2.24, 2.45) is 4.99 Å². The van der Waals surface area contributed by atoms with E-state index >= 15 is 0 Å². The van der Waals surface area contributed by atoms with Gasteiger partial charge in [0.2, 0.25) is 17.7 Å². The molecule has 0 aliphatic carbocycles. The number of amides is 4. The van der Waals surface area contributed by atoms with Crippen LogP contribution in [-0.2, 0) is 44.5 Å². The van der Waals surface area contributed by atoms with Crippen molar-refractivity contribution in [3.63, 3.8) is 0 Å². The van der Waals surface area contributed by atoms with Gasteiger partial charge in [-0.05, 0) is 121 Å². The summed E-state index contributed by atoms with van der Waals surface area (Å²) in [4.78, 5) is 87.9. The Kier molecular flexibility index (Phi) is 19.5. The molecule has 70 heavy (non-hydrogen) atoms. The second-order valence-corrected chi connectivity index (χ2v) is 21.2. The zero-order valence-corrected chi connectivity index (χ0v) is 43.2. The first-order chi connectivity index (χ1) is 32.6. The average Bonchev–Trinajstić information content (AvgIpc) is 3.61. The van der Waals surface area contributed by atoms with Gasteiger partial charge in [-0.2, -0.15) is 0 Å². The van der Waals surface area contributed by atoms with Crippen LogP contribution in [-0.4, -0.2) is 106 Å². The molecule has 0 saturated carbocycles. The molecule has 0 spiro atoms. The predicted molar refractivity (Wildman–Crippen MR) is 271 cm³/mol. The van der Waals surface area contributed by atoms with Gasteiger partial charge in [-0.15, -0.1) is 0 Å². The molecule has 0 saturated heterocycles. The van der Waals surface area contributed by atoms with Gasteiger partial charge >= 0.3 is 18.2 Å². The fourth-order valence-corrected chi connectivity index (χ4v) is 7.37. The van der Waals surface area contributed by atoms with Crippen LogP contribution in [0.2, 0.25) is 0 Å². The molecular weight excluding hydrogens is 893 g/mol. The molecular formula is C54H74N6O10. The van der Waals surface area contributed by atoms with Crippen molar-refractivity contribution in [2.45, 2.75) is 162 Å². The lowest BCUT2D eigenvalue weighted by Crippen LogP contribution is -2.59. The van der Waals surface area contributed by atoms with Gasteiger partial charge in [0, 0.05) is 35.7 Å². The minimum Gasteiger partial charge on any atom is -0.458 e. The molecule has 0 fully saturated rings. The minimum absolute atomic E-state index is 0.0591. The number of carbonyl (C=O) groups excluding carboxylic acids is 6. The third kappa shape index (κ3) is 18.7. The maximum absolute atomic E-state index is 14.9. The number of unbranched alkanes of at least 4 members (excludes halogenated alkanes) is 1. The number of fused-ring (bicyclic) bond motifs is 1. The predicted octanol–water partition coefficient (Wildman–Crippen LogP) is 8.20. The molecule has 0 radical (unpaired) electrons. The molecule has 0 aliphatic heterocycles. The van der Waals surface area contributed by atoms with Crippen LogP contribution in [0.25, 0.3) is 10.9 Å². The lowest BCUT2D eigenvalue weighted by Gasteiger charge is -2.33. The van der Waals surface area contributed by atoms with Gasteiger partial charge in [-0.1, -0.05) is 78.9 Å². The maximum Gasteiger partial charge on any atom is 0.419 e. The number of nitrogens with zero attached hydrogens (tertiary/aromatic N) is 2. The molecule has 16 heteroatoms. The van der Waals surface area contributed by atoms with Crippen LogP contribution in [0.1, 0.15) is 126 Å². The number of nitrogens with one attached hydrogen (secondary N) is 4. The van der Waals surface area contributed by atoms with Gasteiger partial charge < -0.3 is 40.2 Å². The third-order valence-electron chi connectivity index (χ3n) is 10.1. The Labute approximate surface area is 413 Å². The van der Waals surface area contributed by atoms with Crippen molar-refractivity contribution in [2.75, 3.05) is 13.1 Å². The van der Waals surface area contributed by atoms with E-state index in [-0.39, 0.29) is 25.9 Å². The molecule has 4 N–H and O–H groups in total. The lowest BCUT2D eigenvalue weighted by molar-refractivity contribution is -0.166. The Bertz CT molecular complexity index is 2400. The van der Waals surface area contributed by atoms with Crippen LogP contribution in [0.15, 0.2) is 96.1 Å². The van der Waals surface area contributed by atoms with E-state index in [4.69, 9.17) is 23.9 Å². The van der Waals surface area contributed by atoms with E-state index in [0.717, 1.165) is 11.1 Å². The largest absolute Gasteiger partial charge is 0.458 e. The first kappa shape index (κ1) is 56.0. The molecule has 4 aromatic rings. The zero-order valence-electron chi connectivity index (χ0n) is 43.2. The summed E-state index contributed by atoms with van der Waals surface area (Å²) in [6, 6.07) is 22.1. The highest BCUT2D eigenvalue weighted by Crippen LogP contribution is 2.25. The SMILES string of the molecule is C[C@@H](OC(C)(C)C)[C@H](NC(=O)[C@H](CCCCNC(=O)OC(C)(C)C)NC(=O)[C@H](Cc1cn(C(=O)OC(C)(C)C)c2ccccc12)NC(=O)CN=C(c1ccccc1)c1ccccc1)C(=O)OC(C)(C)C. The molecule has 1 aromatic heterocycles. The fraction of sp³-hybridized carbons (Fsp3) is 0.500. The third-order valence-corrected chi connectivity index (χ3v) is 10.1. The van der Waals surface area contributed by atoms with Gasteiger partial charge in [-0.3, -0.25) is 23.9 Å². The van der Waals surface area contributed by atoms with E-state index in [9.17, 15) is 28.8 Å². The van der Waals surface area contributed by atoms with E-state index in [0.29, 0.717) is 35.0 Å². The van der Waals surface area contributed by atoms with Gasteiger partial charge in [0.1, 0.15) is 35.4 Å². The first-order valence-electron chi connectivity index (χ1n) is 23.8. The summed E-state index contributed by atoms with van der Waals surface area (Å²) in [5.74, 6) is -2.76. The highest BCUT2D eigenvalue weighted by atomic mass is 16.6. The molecule has 380 valence electrons. The molecule has 0 bridgehead atoms. The normalized spacial score (nSPS) is 13.7. The number of aliphatic imine (C=N–C) groups is 1. The second kappa shape index (κ2) is 24.3. The van der Waals surface area contributed by atoms with Crippen LogP contribution in [0.3, 0.4) is 0 Å². The Morgan fingerprint density at radius 3 is 1.71 bits per heavy atom. The van der Waals surface area contributed by atoms with E-state index in [1.54, 1.807) is 99.7 Å². The summed E-state index contributed by atoms with van der Waals surface area (Å²) >= 11 is 0. The van der Waals surface area contributed by atoms with E-state index < -0.39 is 82.5 Å². The lowest BCUT2D eigenvalue weighted by atomic mass is 10.0. The Morgan fingerprint density at radius 2 is 1.16 bits per heavy atom.